The van der Waals surface area contributed by atoms with Crippen LogP contribution in [-0.4, -0.2) is 114 Å². The van der Waals surface area contributed by atoms with Gasteiger partial charge in [-0.3, -0.25) is 0 Å². The minimum atomic E-state index is -2.69. The summed E-state index contributed by atoms with van der Waals surface area (Å²) in [5, 5.41) is 0. The summed E-state index contributed by atoms with van der Waals surface area (Å²) in [5.74, 6) is 8.23. The van der Waals surface area contributed by atoms with Crippen LogP contribution in [0.4, 0.5) is 0 Å². The molecule has 0 aromatic rings. The van der Waals surface area contributed by atoms with Crippen molar-refractivity contribution in [2.75, 3.05) is 88.2 Å². The second-order valence-electron chi connectivity index (χ2n) is 14.9. The van der Waals surface area contributed by atoms with Crippen LogP contribution in [-0.2, 0) is 39.8 Å². The summed E-state index contributed by atoms with van der Waals surface area (Å²) in [5.41, 5.74) is 0. The first-order valence-electron chi connectivity index (χ1n) is 24.2. The number of hydrogen-bond acceptors (Lipinski definition) is 20. The fraction of sp³-hybridized carbons (Fsp3) is 1.00. The number of rotatable bonds is 49. The molecule has 9 nitrogen and oxygen atoms in total. The lowest BCUT2D eigenvalue weighted by Gasteiger charge is -2.37. The molecule has 3 atom stereocenters. The van der Waals surface area contributed by atoms with Crippen LogP contribution in [0.15, 0.2) is 0 Å². The Morgan fingerprint density at radius 3 is 1.12 bits per heavy atom. The zero-order chi connectivity index (χ0) is 46.9. The lowest BCUT2D eigenvalue weighted by Crippen LogP contribution is -2.45. The molecule has 1 aliphatic rings. The van der Waals surface area contributed by atoms with E-state index in [1.807, 2.05) is 133 Å². The van der Waals surface area contributed by atoms with Crippen LogP contribution in [0.25, 0.3) is 0 Å². The monoisotopic (exact) mass is 1160 g/mol. The van der Waals surface area contributed by atoms with Crippen LogP contribution in [0.3, 0.4) is 0 Å². The molecule has 64 heavy (non-hydrogen) atoms. The molecular weight excluding hydrogens is 1070 g/mol. The van der Waals surface area contributed by atoms with E-state index in [4.69, 9.17) is 39.8 Å². The van der Waals surface area contributed by atoms with Gasteiger partial charge in [-0.05, 0) is 203 Å². The van der Waals surface area contributed by atoms with Gasteiger partial charge in [0.15, 0.2) is 0 Å². The van der Waals surface area contributed by atoms with Gasteiger partial charge in [0.25, 0.3) is 0 Å². The smallest absolute Gasteiger partial charge is 0.374 e. The molecule has 0 N–H and O–H groups in total. The zero-order valence-electron chi connectivity index (χ0n) is 40.9. The van der Waals surface area contributed by atoms with E-state index in [-0.39, 0.29) is 0 Å². The molecule has 1 aliphatic carbocycles. The molecule has 0 spiro atoms. The fourth-order valence-corrected chi connectivity index (χ4v) is 36.5. The summed E-state index contributed by atoms with van der Waals surface area (Å²) < 4.78 is 54.7. The molecular formula is C41H88O9S11Si3. The summed E-state index contributed by atoms with van der Waals surface area (Å²) in [6.45, 7) is 24.2. The van der Waals surface area contributed by atoms with E-state index in [2.05, 4.69) is 42.4 Å². The van der Waals surface area contributed by atoms with E-state index in [1.54, 1.807) is 0 Å². The molecule has 0 bridgehead atoms. The van der Waals surface area contributed by atoms with Crippen molar-refractivity contribution in [2.45, 2.75) is 158 Å². The van der Waals surface area contributed by atoms with Gasteiger partial charge in [0.1, 0.15) is 0 Å². The van der Waals surface area contributed by atoms with Crippen molar-refractivity contribution in [2.24, 2.45) is 17.8 Å². The summed E-state index contributed by atoms with van der Waals surface area (Å²) in [6, 6.07) is 1.85. The Morgan fingerprint density at radius 2 is 0.734 bits per heavy atom. The topological polar surface area (TPSA) is 83.1 Å². The van der Waals surface area contributed by atoms with Crippen molar-refractivity contribution in [1.82, 2.24) is 0 Å². The summed E-state index contributed by atoms with van der Waals surface area (Å²) in [7, 11) is 12.1. The highest BCUT2D eigenvalue weighted by molar-refractivity contribution is 9.36. The Morgan fingerprint density at radius 1 is 0.375 bits per heavy atom. The van der Waals surface area contributed by atoms with Crippen molar-refractivity contribution >= 4 is 139 Å². The van der Waals surface area contributed by atoms with Crippen LogP contribution < -0.4 is 0 Å². The highest BCUT2D eigenvalue weighted by atomic mass is 33.8. The SMILES string of the molecule is CCO[Si](CCCCCCSSSSSCCC1CCC(CS[Si](OCC)(OCC)OCC)CC1CCSSSSSCCCCCC[Si](OCC)(OCC)OCC)(OCC)OCC. The van der Waals surface area contributed by atoms with E-state index >= 15 is 0 Å². The van der Waals surface area contributed by atoms with Crippen molar-refractivity contribution in [1.29, 1.82) is 0 Å². The van der Waals surface area contributed by atoms with Crippen molar-refractivity contribution in [3.63, 3.8) is 0 Å². The average Bonchev–Trinajstić information content (AvgIpc) is 3.27. The Balaban J connectivity index is 2.42. The molecule has 3 unspecified atom stereocenters. The van der Waals surface area contributed by atoms with Gasteiger partial charge in [0, 0.05) is 94.6 Å². The molecule has 1 rings (SSSR count). The van der Waals surface area contributed by atoms with Gasteiger partial charge in [-0.15, -0.1) is 0 Å². The molecule has 23 heteroatoms. The van der Waals surface area contributed by atoms with Gasteiger partial charge in [0.2, 0.25) is 0 Å². The average molecular weight is 1160 g/mol. The third kappa shape index (κ3) is 32.4. The van der Waals surface area contributed by atoms with Gasteiger partial charge in [0.05, 0.1) is 0 Å². The van der Waals surface area contributed by atoms with Crippen molar-refractivity contribution < 1.29 is 39.8 Å². The lowest BCUT2D eigenvalue weighted by molar-refractivity contribution is 0.0698. The number of unbranched alkanes of at least 4 members (excludes halogenated alkanes) is 6. The molecule has 384 valence electrons. The highest BCUT2D eigenvalue weighted by Gasteiger charge is 2.44. The molecule has 0 aromatic heterocycles. The molecule has 1 fully saturated rings. The van der Waals surface area contributed by atoms with E-state index in [0.29, 0.717) is 65.4 Å². The summed E-state index contributed by atoms with van der Waals surface area (Å²) in [6.07, 6.45) is 16.3. The largest absolute Gasteiger partial charge is 0.573 e. The first-order chi connectivity index (χ1) is 31.3. The maximum Gasteiger partial charge on any atom is 0.573 e. The van der Waals surface area contributed by atoms with E-state index in [9.17, 15) is 0 Å². The Hall–Kier alpha value is 4.14. The van der Waals surface area contributed by atoms with E-state index in [0.717, 1.165) is 42.5 Å². The van der Waals surface area contributed by atoms with Gasteiger partial charge in [-0.1, -0.05) is 80.1 Å². The van der Waals surface area contributed by atoms with Gasteiger partial charge in [-0.25, -0.2) is 0 Å². The van der Waals surface area contributed by atoms with Gasteiger partial charge < -0.3 is 39.8 Å². The predicted molar refractivity (Wildman–Crippen MR) is 310 cm³/mol. The van der Waals surface area contributed by atoms with Crippen LogP contribution in [0.2, 0.25) is 12.1 Å². The molecule has 0 radical (unpaired) electrons. The second-order valence-corrected chi connectivity index (χ2v) is 41.2. The summed E-state index contributed by atoms with van der Waals surface area (Å²) in [4.78, 5) is 0. The Labute approximate surface area is 438 Å². The van der Waals surface area contributed by atoms with Crippen LogP contribution >= 0.6 is 113 Å². The standard InChI is InChI=1S/C41H88O9S11Si3/c1-10-42-62(43-11-2,44-12-3)35-25-21-19-23-31-51-56-60-58-53-33-29-40-28-27-39(38-55-64(48-16-7,49-17-8)50-18-9)37-41(40)30-34-54-59-61-57-52-32-24-20-22-26-36-63(45-13-4,46-14-5)47-15-6/h39-41H,10-38H2,1-9H3. The first kappa shape index (κ1) is 66.2. The molecule has 0 saturated heterocycles. The second kappa shape index (κ2) is 45.7. The quantitative estimate of drug-likeness (QED) is 0.0329. The zero-order valence-corrected chi connectivity index (χ0v) is 52.9. The van der Waals surface area contributed by atoms with Gasteiger partial charge in [-0.2, -0.15) is 0 Å². The third-order valence-electron chi connectivity index (χ3n) is 10.3. The molecule has 1 saturated carbocycles. The lowest BCUT2D eigenvalue weighted by atomic mass is 9.72. The maximum absolute atomic E-state index is 6.20. The van der Waals surface area contributed by atoms with E-state index in [1.165, 1.54) is 93.6 Å². The minimum absolute atomic E-state index is 0.633. The molecule has 0 aliphatic heterocycles. The first-order valence-corrected chi connectivity index (χ1v) is 44.5. The van der Waals surface area contributed by atoms with Crippen LogP contribution in [0.5, 0.6) is 0 Å². The molecule has 0 heterocycles. The third-order valence-corrected chi connectivity index (χ3v) is 39.7. The van der Waals surface area contributed by atoms with Crippen molar-refractivity contribution in [3.8, 4) is 0 Å². The van der Waals surface area contributed by atoms with Crippen LogP contribution in [0.1, 0.15) is 146 Å². The van der Waals surface area contributed by atoms with E-state index < -0.39 is 25.6 Å². The Kier molecular flexibility index (Phi) is 47.3. The van der Waals surface area contributed by atoms with Crippen LogP contribution in [0, 0.1) is 17.8 Å². The number of hydrogen-bond donors (Lipinski definition) is 0. The van der Waals surface area contributed by atoms with Gasteiger partial charge >= 0.3 is 25.6 Å². The Bertz CT molecular complexity index is 986. The maximum atomic E-state index is 6.20. The normalized spacial score (nSPS) is 17.5. The predicted octanol–water partition coefficient (Wildman–Crippen LogP) is 16.9. The van der Waals surface area contributed by atoms with Crippen molar-refractivity contribution in [3.05, 3.63) is 0 Å². The summed E-state index contributed by atoms with van der Waals surface area (Å²) >= 11 is 1.86. The minimum Gasteiger partial charge on any atom is -0.374 e. The molecule has 0 amide bonds. The fourth-order valence-electron chi connectivity index (χ4n) is 7.66. The molecule has 0 aromatic carbocycles. The highest BCUT2D eigenvalue weighted by Crippen LogP contribution is 2.51.